The van der Waals surface area contributed by atoms with E-state index in [1.165, 1.54) is 0 Å². The van der Waals surface area contributed by atoms with Gasteiger partial charge in [-0.15, -0.1) is 0 Å². The SMILES string of the molecule is CC(NC(=O)Cc1ccccc1CN)C1CCOCC1. The molecule has 2 rings (SSSR count). The maximum atomic E-state index is 12.2. The number of carbonyl (C=O) groups excluding carboxylic acids is 1. The van der Waals surface area contributed by atoms with Gasteiger partial charge < -0.3 is 15.8 Å². The molecular formula is C16H24N2O2. The highest BCUT2D eigenvalue weighted by molar-refractivity contribution is 5.79. The van der Waals surface area contributed by atoms with E-state index in [-0.39, 0.29) is 11.9 Å². The molecule has 1 amide bonds. The molecule has 0 spiro atoms. The fraction of sp³-hybridized carbons (Fsp3) is 0.562. The molecule has 1 heterocycles. The van der Waals surface area contributed by atoms with Crippen LogP contribution in [0.4, 0.5) is 0 Å². The zero-order chi connectivity index (χ0) is 14.4. The summed E-state index contributed by atoms with van der Waals surface area (Å²) >= 11 is 0. The highest BCUT2D eigenvalue weighted by Gasteiger charge is 2.21. The first-order valence-corrected chi connectivity index (χ1v) is 7.34. The minimum atomic E-state index is 0.0740. The van der Waals surface area contributed by atoms with Gasteiger partial charge in [-0.1, -0.05) is 24.3 Å². The van der Waals surface area contributed by atoms with Crippen molar-refractivity contribution in [2.24, 2.45) is 11.7 Å². The van der Waals surface area contributed by atoms with E-state index >= 15 is 0 Å². The first-order valence-electron chi connectivity index (χ1n) is 7.34. The van der Waals surface area contributed by atoms with Crippen molar-refractivity contribution in [1.29, 1.82) is 0 Å². The van der Waals surface area contributed by atoms with Crippen LogP contribution in [0, 0.1) is 5.92 Å². The van der Waals surface area contributed by atoms with E-state index < -0.39 is 0 Å². The number of carbonyl (C=O) groups is 1. The Balaban J connectivity index is 1.88. The fourth-order valence-corrected chi connectivity index (χ4v) is 2.74. The van der Waals surface area contributed by atoms with E-state index in [1.54, 1.807) is 0 Å². The van der Waals surface area contributed by atoms with Crippen molar-refractivity contribution in [3.63, 3.8) is 0 Å². The van der Waals surface area contributed by atoms with Crippen LogP contribution in [0.5, 0.6) is 0 Å². The number of ether oxygens (including phenoxy) is 1. The van der Waals surface area contributed by atoms with Crippen LogP contribution in [0.15, 0.2) is 24.3 Å². The van der Waals surface area contributed by atoms with Crippen LogP contribution in [0.25, 0.3) is 0 Å². The smallest absolute Gasteiger partial charge is 0.224 e. The van der Waals surface area contributed by atoms with E-state index in [0.29, 0.717) is 18.9 Å². The number of benzene rings is 1. The van der Waals surface area contributed by atoms with Gasteiger partial charge >= 0.3 is 0 Å². The summed E-state index contributed by atoms with van der Waals surface area (Å²) in [6.07, 6.45) is 2.46. The van der Waals surface area contributed by atoms with Gasteiger partial charge in [0.2, 0.25) is 5.91 Å². The molecule has 0 aliphatic carbocycles. The molecule has 1 aliphatic rings. The summed E-state index contributed by atoms with van der Waals surface area (Å²) in [5.41, 5.74) is 7.76. The van der Waals surface area contributed by atoms with Crippen LogP contribution in [0.2, 0.25) is 0 Å². The van der Waals surface area contributed by atoms with Crippen molar-refractivity contribution < 1.29 is 9.53 Å². The van der Waals surface area contributed by atoms with Crippen molar-refractivity contribution in [3.8, 4) is 0 Å². The molecular weight excluding hydrogens is 252 g/mol. The van der Waals surface area contributed by atoms with Gasteiger partial charge in [-0.3, -0.25) is 4.79 Å². The minimum Gasteiger partial charge on any atom is -0.381 e. The van der Waals surface area contributed by atoms with Crippen molar-refractivity contribution in [2.75, 3.05) is 13.2 Å². The Morgan fingerprint density at radius 1 is 1.35 bits per heavy atom. The highest BCUT2D eigenvalue weighted by Crippen LogP contribution is 2.18. The second-order valence-electron chi connectivity index (χ2n) is 5.46. The molecule has 0 aromatic heterocycles. The number of nitrogens with two attached hydrogens (primary N) is 1. The second kappa shape index (κ2) is 7.41. The van der Waals surface area contributed by atoms with E-state index in [2.05, 4.69) is 12.2 Å². The number of rotatable bonds is 5. The molecule has 0 bridgehead atoms. The summed E-state index contributed by atoms with van der Waals surface area (Å²) < 4.78 is 5.35. The predicted molar refractivity (Wildman–Crippen MR) is 79.2 cm³/mol. The van der Waals surface area contributed by atoms with Gasteiger partial charge in [-0.25, -0.2) is 0 Å². The Hall–Kier alpha value is -1.39. The van der Waals surface area contributed by atoms with Crippen LogP contribution in [0.1, 0.15) is 30.9 Å². The predicted octanol–water partition coefficient (Wildman–Crippen LogP) is 1.62. The largest absolute Gasteiger partial charge is 0.381 e. The molecule has 1 aromatic carbocycles. The lowest BCUT2D eigenvalue weighted by molar-refractivity contribution is -0.121. The van der Waals surface area contributed by atoms with Crippen molar-refractivity contribution >= 4 is 5.91 Å². The molecule has 1 unspecified atom stereocenters. The van der Waals surface area contributed by atoms with Gasteiger partial charge in [0, 0.05) is 25.8 Å². The van der Waals surface area contributed by atoms with Gasteiger partial charge in [0.15, 0.2) is 0 Å². The molecule has 4 heteroatoms. The number of hydrogen-bond donors (Lipinski definition) is 2. The van der Waals surface area contributed by atoms with Gasteiger partial charge in [0.25, 0.3) is 0 Å². The van der Waals surface area contributed by atoms with E-state index in [0.717, 1.165) is 37.2 Å². The van der Waals surface area contributed by atoms with Crippen LogP contribution >= 0.6 is 0 Å². The third-order valence-corrected chi connectivity index (χ3v) is 4.05. The molecule has 1 fully saturated rings. The Labute approximate surface area is 120 Å². The van der Waals surface area contributed by atoms with Crippen molar-refractivity contribution in [1.82, 2.24) is 5.32 Å². The van der Waals surface area contributed by atoms with Gasteiger partial charge in [-0.05, 0) is 36.8 Å². The fourth-order valence-electron chi connectivity index (χ4n) is 2.74. The number of amides is 1. The van der Waals surface area contributed by atoms with E-state index in [9.17, 15) is 4.79 Å². The maximum absolute atomic E-state index is 12.2. The first-order chi connectivity index (χ1) is 9.70. The summed E-state index contributed by atoms with van der Waals surface area (Å²) in [4.78, 5) is 12.2. The van der Waals surface area contributed by atoms with Crippen LogP contribution in [-0.2, 0) is 22.5 Å². The summed E-state index contributed by atoms with van der Waals surface area (Å²) in [6, 6.07) is 8.06. The van der Waals surface area contributed by atoms with Gasteiger partial charge in [-0.2, -0.15) is 0 Å². The quantitative estimate of drug-likeness (QED) is 0.859. The zero-order valence-corrected chi connectivity index (χ0v) is 12.1. The summed E-state index contributed by atoms with van der Waals surface area (Å²) in [5.74, 6) is 0.599. The van der Waals surface area contributed by atoms with Gasteiger partial charge in [0.05, 0.1) is 6.42 Å². The van der Waals surface area contributed by atoms with Crippen LogP contribution in [0.3, 0.4) is 0 Å². The second-order valence-corrected chi connectivity index (χ2v) is 5.46. The molecule has 1 atom stereocenters. The van der Waals surface area contributed by atoms with Crippen LogP contribution < -0.4 is 11.1 Å². The molecule has 110 valence electrons. The lowest BCUT2D eigenvalue weighted by atomic mass is 9.92. The molecule has 1 aliphatic heterocycles. The third-order valence-electron chi connectivity index (χ3n) is 4.05. The van der Waals surface area contributed by atoms with Crippen molar-refractivity contribution in [2.45, 2.75) is 38.8 Å². The minimum absolute atomic E-state index is 0.0740. The normalized spacial score (nSPS) is 17.7. The standard InChI is InChI=1S/C16H24N2O2/c1-12(13-6-8-20-9-7-13)18-16(19)10-14-4-2-3-5-15(14)11-17/h2-5,12-13H,6-11,17H2,1H3,(H,18,19). The lowest BCUT2D eigenvalue weighted by Gasteiger charge is -2.28. The zero-order valence-electron chi connectivity index (χ0n) is 12.1. The third kappa shape index (κ3) is 4.05. The Bertz CT molecular complexity index is 442. The molecule has 20 heavy (non-hydrogen) atoms. The number of nitrogens with one attached hydrogen (secondary N) is 1. The highest BCUT2D eigenvalue weighted by atomic mass is 16.5. The first kappa shape index (κ1) is 15.0. The Morgan fingerprint density at radius 3 is 2.65 bits per heavy atom. The maximum Gasteiger partial charge on any atom is 0.224 e. The molecule has 3 N–H and O–H groups in total. The Morgan fingerprint density at radius 2 is 2.00 bits per heavy atom. The average molecular weight is 276 g/mol. The molecule has 1 saturated heterocycles. The van der Waals surface area contributed by atoms with E-state index in [4.69, 9.17) is 10.5 Å². The van der Waals surface area contributed by atoms with Gasteiger partial charge in [0.1, 0.15) is 0 Å². The monoisotopic (exact) mass is 276 g/mol. The van der Waals surface area contributed by atoms with Crippen LogP contribution in [-0.4, -0.2) is 25.2 Å². The molecule has 0 saturated carbocycles. The molecule has 0 radical (unpaired) electrons. The topological polar surface area (TPSA) is 64.4 Å². The number of hydrogen-bond acceptors (Lipinski definition) is 3. The van der Waals surface area contributed by atoms with Crippen molar-refractivity contribution in [3.05, 3.63) is 35.4 Å². The summed E-state index contributed by atoms with van der Waals surface area (Å²) in [6.45, 7) is 4.17. The Kier molecular flexibility index (Phi) is 5.56. The molecule has 4 nitrogen and oxygen atoms in total. The average Bonchev–Trinajstić information content (AvgIpc) is 2.48. The summed E-state index contributed by atoms with van der Waals surface area (Å²) in [7, 11) is 0. The lowest BCUT2D eigenvalue weighted by Crippen LogP contribution is -2.41. The molecule has 1 aromatic rings. The summed E-state index contributed by atoms with van der Waals surface area (Å²) in [5, 5.41) is 3.11. The van der Waals surface area contributed by atoms with E-state index in [1.807, 2.05) is 24.3 Å².